The van der Waals surface area contributed by atoms with E-state index in [9.17, 15) is 24.1 Å². The van der Waals surface area contributed by atoms with Crippen LogP contribution >= 0.6 is 31.0 Å². The molecular weight excluding hydrogens is 561 g/mol. The third kappa shape index (κ3) is 6.19. The Kier molecular flexibility index (Phi) is 8.42. The average Bonchev–Trinajstić information content (AvgIpc) is 3.31. The number of hydrogen-bond acceptors (Lipinski definition) is 10. The minimum atomic E-state index is -4.66. The number of hydrogen-bond donors (Lipinski definition) is 5. The summed E-state index contributed by atoms with van der Waals surface area (Å²) in [5.41, 5.74) is 0.0332. The second kappa shape index (κ2) is 11.6. The lowest BCUT2D eigenvalue weighted by molar-refractivity contribution is -0.689. The van der Waals surface area contributed by atoms with Crippen LogP contribution in [0.3, 0.4) is 0 Å². The van der Waals surface area contributed by atoms with Crippen molar-refractivity contribution in [3.05, 3.63) is 47.7 Å². The maximum Gasteiger partial charge on any atom is 0.429 e. The highest BCUT2D eigenvalue weighted by Gasteiger charge is 2.54. The largest absolute Gasteiger partial charge is 0.477 e. The fourth-order valence-electron chi connectivity index (χ4n) is 3.65. The molecule has 2 atom stereocenters. The number of oxime groups is 1. The fraction of sp³-hybridized carbons (Fsp3) is 0.350. The topological polar surface area (TPSA) is 208 Å². The van der Waals surface area contributed by atoms with Crippen LogP contribution in [0.2, 0.25) is 0 Å². The first-order valence-corrected chi connectivity index (χ1v) is 14.5. The minimum absolute atomic E-state index is 0.116. The number of pyridine rings is 1. The number of rotatable bonds is 11. The number of carbonyl (C=O) groups excluding carboxylic acids is 2. The maximum atomic E-state index is 13.1. The van der Waals surface area contributed by atoms with Gasteiger partial charge in [0.25, 0.3) is 11.8 Å². The summed E-state index contributed by atoms with van der Waals surface area (Å²) in [5, 5.41) is 17.1. The predicted molar refractivity (Wildman–Crippen MR) is 135 cm³/mol. The molecule has 1 saturated heterocycles. The first-order chi connectivity index (χ1) is 18.1. The molecule has 5 N–H and O–H groups in total. The van der Waals surface area contributed by atoms with E-state index in [1.54, 1.807) is 17.0 Å². The molecule has 2 aromatic heterocycles. The summed E-state index contributed by atoms with van der Waals surface area (Å²) in [5.74, 6) is -2.66. The Balaban J connectivity index is 1.52. The van der Waals surface area contributed by atoms with E-state index in [0.29, 0.717) is 29.3 Å². The number of carboxylic acid groups (broad SMARTS) is 1. The SMILES string of the molecule is CCCO/N=C(/C(=O)NC1C(=O)N2C(C(=O)O)=C(C[n+]3ccccc3)CS[C@H]12)c1nsc(NP(=O)(O)O)n1. The molecule has 2 amide bonds. The molecule has 0 spiro atoms. The molecule has 15 nitrogen and oxygen atoms in total. The van der Waals surface area contributed by atoms with Gasteiger partial charge in [-0.05, 0) is 6.42 Å². The summed E-state index contributed by atoms with van der Waals surface area (Å²) in [6, 6.07) is 4.41. The van der Waals surface area contributed by atoms with E-state index in [1.807, 2.05) is 30.2 Å². The van der Waals surface area contributed by atoms with E-state index in [1.165, 1.54) is 11.8 Å². The summed E-state index contributed by atoms with van der Waals surface area (Å²) in [4.78, 5) is 66.5. The van der Waals surface area contributed by atoms with Gasteiger partial charge in [0.2, 0.25) is 16.7 Å². The van der Waals surface area contributed by atoms with Crippen molar-refractivity contribution in [3.63, 3.8) is 0 Å². The third-order valence-corrected chi connectivity index (χ3v) is 7.86. The van der Waals surface area contributed by atoms with E-state index >= 15 is 0 Å². The van der Waals surface area contributed by atoms with Crippen LogP contribution in [0.15, 0.2) is 47.0 Å². The Labute approximate surface area is 224 Å². The first kappa shape index (κ1) is 27.7. The van der Waals surface area contributed by atoms with Crippen LogP contribution < -0.4 is 15.0 Å². The van der Waals surface area contributed by atoms with E-state index in [0.717, 1.165) is 4.90 Å². The van der Waals surface area contributed by atoms with Gasteiger partial charge in [-0.1, -0.05) is 18.1 Å². The lowest BCUT2D eigenvalue weighted by Gasteiger charge is -2.49. The Morgan fingerprint density at radius 2 is 2.05 bits per heavy atom. The van der Waals surface area contributed by atoms with Gasteiger partial charge >= 0.3 is 13.7 Å². The number of amides is 2. The minimum Gasteiger partial charge on any atom is -0.477 e. The molecule has 0 radical (unpaired) electrons. The summed E-state index contributed by atoms with van der Waals surface area (Å²) in [6.45, 7) is 2.27. The summed E-state index contributed by atoms with van der Waals surface area (Å²) in [6.07, 6.45) is 4.16. The molecule has 202 valence electrons. The smallest absolute Gasteiger partial charge is 0.429 e. The Hall–Kier alpha value is -3.37. The molecule has 2 aliphatic heterocycles. The molecule has 2 aromatic rings. The number of nitrogens with zero attached hydrogens (tertiary/aromatic N) is 5. The summed E-state index contributed by atoms with van der Waals surface area (Å²) >= 11 is 1.90. The molecule has 4 rings (SSSR count). The lowest BCUT2D eigenvalue weighted by Crippen LogP contribution is -2.71. The highest BCUT2D eigenvalue weighted by molar-refractivity contribution is 8.00. The number of nitrogens with one attached hydrogen (secondary N) is 2. The molecule has 0 saturated carbocycles. The molecular formula is C20H23N7O8PS2+. The molecule has 2 aliphatic rings. The summed E-state index contributed by atoms with van der Waals surface area (Å²) in [7, 11) is -4.66. The van der Waals surface area contributed by atoms with Gasteiger partial charge in [0.1, 0.15) is 23.7 Å². The Morgan fingerprint density at radius 3 is 2.71 bits per heavy atom. The van der Waals surface area contributed by atoms with Crippen LogP contribution in [0.4, 0.5) is 5.13 Å². The van der Waals surface area contributed by atoms with Gasteiger partial charge in [0, 0.05) is 35.0 Å². The van der Waals surface area contributed by atoms with Crippen molar-refractivity contribution in [2.75, 3.05) is 17.4 Å². The van der Waals surface area contributed by atoms with E-state index < -0.39 is 42.7 Å². The predicted octanol–water partition coefficient (Wildman–Crippen LogP) is -0.100. The van der Waals surface area contributed by atoms with Crippen LogP contribution in [-0.4, -0.2) is 76.4 Å². The fourth-order valence-corrected chi connectivity index (χ4v) is 6.23. The van der Waals surface area contributed by atoms with Gasteiger partial charge in [0.15, 0.2) is 18.9 Å². The zero-order chi connectivity index (χ0) is 27.4. The zero-order valence-corrected chi connectivity index (χ0v) is 22.3. The zero-order valence-electron chi connectivity index (χ0n) is 19.8. The van der Waals surface area contributed by atoms with Crippen molar-refractivity contribution in [1.82, 2.24) is 19.6 Å². The number of anilines is 1. The lowest BCUT2D eigenvalue weighted by atomic mass is 10.0. The molecule has 1 unspecified atom stereocenters. The second-order valence-electron chi connectivity index (χ2n) is 8.02. The van der Waals surface area contributed by atoms with Crippen LogP contribution in [-0.2, 0) is 30.3 Å². The molecule has 0 bridgehead atoms. The van der Waals surface area contributed by atoms with Crippen LogP contribution in [0.5, 0.6) is 0 Å². The highest BCUT2D eigenvalue weighted by Crippen LogP contribution is 2.40. The number of aromatic nitrogens is 3. The van der Waals surface area contributed by atoms with Gasteiger partial charge in [-0.25, -0.2) is 13.9 Å². The number of carbonyl (C=O) groups is 3. The number of carboxylic acids is 1. The van der Waals surface area contributed by atoms with E-state index in [-0.39, 0.29) is 29.8 Å². The van der Waals surface area contributed by atoms with Crippen molar-refractivity contribution in [1.29, 1.82) is 0 Å². The standard InChI is InChI=1S/C20H22N7O8PS2/c1-2-8-35-23-12(15-22-20(38-25-15)24-36(32,33)34)16(28)21-13-17(29)27-14(19(30)31)11(10-37-18(13)27)9-26-6-4-3-5-7-26/h3-7,13,18H,2,8-10H2,1H3,(H4-,21,22,24,25,28,30,31,32,33,34)/p+1/b23-12+/t13?,18-/m1/s1. The van der Waals surface area contributed by atoms with Crippen LogP contribution in [0.1, 0.15) is 19.2 Å². The van der Waals surface area contributed by atoms with E-state index in [4.69, 9.17) is 14.6 Å². The number of fused-ring (bicyclic) bond motifs is 1. The molecule has 0 aliphatic carbocycles. The molecule has 0 aromatic carbocycles. The quantitative estimate of drug-likeness (QED) is 0.0586. The van der Waals surface area contributed by atoms with Gasteiger partial charge in [-0.2, -0.15) is 9.36 Å². The van der Waals surface area contributed by atoms with Crippen LogP contribution in [0.25, 0.3) is 0 Å². The highest BCUT2D eigenvalue weighted by atomic mass is 32.2. The first-order valence-electron chi connectivity index (χ1n) is 11.1. The van der Waals surface area contributed by atoms with Crippen molar-refractivity contribution in [2.24, 2.45) is 5.16 Å². The van der Waals surface area contributed by atoms with Gasteiger partial charge in [-0.15, -0.1) is 11.8 Å². The Bertz CT molecular complexity index is 1350. The van der Waals surface area contributed by atoms with Gasteiger partial charge < -0.3 is 25.0 Å². The van der Waals surface area contributed by atoms with Crippen molar-refractivity contribution >= 4 is 59.7 Å². The van der Waals surface area contributed by atoms with E-state index in [2.05, 4.69) is 19.8 Å². The van der Waals surface area contributed by atoms with Crippen LogP contribution in [0, 0.1) is 0 Å². The van der Waals surface area contributed by atoms with Crippen molar-refractivity contribution in [3.8, 4) is 0 Å². The summed E-state index contributed by atoms with van der Waals surface area (Å²) < 4.78 is 16.9. The molecule has 18 heteroatoms. The molecule has 38 heavy (non-hydrogen) atoms. The molecule has 1 fully saturated rings. The second-order valence-corrected chi connectivity index (χ2v) is 11.2. The van der Waals surface area contributed by atoms with Gasteiger partial charge in [0.05, 0.1) is 0 Å². The monoisotopic (exact) mass is 584 g/mol. The number of β-lactam (4-membered cyclic amide) rings is 1. The third-order valence-electron chi connectivity index (χ3n) is 5.23. The normalized spacial score (nSPS) is 19.5. The Morgan fingerprint density at radius 1 is 1.32 bits per heavy atom. The number of thioether (sulfide) groups is 1. The van der Waals surface area contributed by atoms with Crippen molar-refractivity contribution < 1.29 is 43.2 Å². The van der Waals surface area contributed by atoms with Crippen molar-refractivity contribution in [2.45, 2.75) is 31.3 Å². The van der Waals surface area contributed by atoms with Gasteiger partial charge in [-0.3, -0.25) is 19.6 Å². The maximum absolute atomic E-state index is 13.1. The number of aliphatic carboxylic acids is 1. The molecule has 4 heterocycles. The average molecular weight is 585 g/mol.